The molecule has 4 aromatic rings. The SMILES string of the molecule is COc1ccc(C(=O)N[C@@H](Cc2cscn2)c2nc(Cc3ccc(C(=O)NOC4CCCCO4)cc3)no2)cc1OC. The number of hydrogen-bond acceptors (Lipinski definition) is 11. The molecule has 0 spiro atoms. The van der Waals surface area contributed by atoms with Crippen molar-refractivity contribution in [2.24, 2.45) is 0 Å². The monoisotopic (exact) mass is 593 g/mol. The van der Waals surface area contributed by atoms with Crippen LogP contribution in [0.1, 0.15) is 69.0 Å². The first-order valence-corrected chi connectivity index (χ1v) is 14.4. The molecule has 0 saturated carbocycles. The van der Waals surface area contributed by atoms with Gasteiger partial charge in [0.1, 0.15) is 6.04 Å². The maximum atomic E-state index is 13.2. The Kier molecular flexibility index (Phi) is 9.74. The van der Waals surface area contributed by atoms with E-state index in [0.29, 0.717) is 47.9 Å². The average molecular weight is 594 g/mol. The van der Waals surface area contributed by atoms with E-state index in [2.05, 4.69) is 25.9 Å². The lowest BCUT2D eigenvalue weighted by Crippen LogP contribution is -2.33. The number of nitrogens with one attached hydrogen (secondary N) is 2. The molecule has 1 aliphatic heterocycles. The van der Waals surface area contributed by atoms with E-state index in [-0.39, 0.29) is 17.7 Å². The van der Waals surface area contributed by atoms with Gasteiger partial charge in [-0.05, 0) is 48.7 Å². The Balaban J connectivity index is 1.24. The Morgan fingerprint density at radius 1 is 1.05 bits per heavy atom. The lowest BCUT2D eigenvalue weighted by Gasteiger charge is -2.22. The van der Waals surface area contributed by atoms with E-state index in [9.17, 15) is 9.59 Å². The molecule has 3 heterocycles. The summed E-state index contributed by atoms with van der Waals surface area (Å²) in [6.45, 7) is 0.628. The summed E-state index contributed by atoms with van der Waals surface area (Å²) < 4.78 is 21.6. The van der Waals surface area contributed by atoms with Crippen molar-refractivity contribution < 1.29 is 33.2 Å². The summed E-state index contributed by atoms with van der Waals surface area (Å²) in [5.41, 5.74) is 6.67. The minimum Gasteiger partial charge on any atom is -0.493 e. The van der Waals surface area contributed by atoms with Crippen molar-refractivity contribution in [3.8, 4) is 11.5 Å². The van der Waals surface area contributed by atoms with Crippen LogP contribution in [-0.2, 0) is 22.4 Å². The van der Waals surface area contributed by atoms with Crippen molar-refractivity contribution in [2.75, 3.05) is 20.8 Å². The molecular weight excluding hydrogens is 562 g/mol. The third kappa shape index (κ3) is 7.49. The summed E-state index contributed by atoms with van der Waals surface area (Å²) in [6.07, 6.45) is 3.06. The number of ether oxygens (including phenoxy) is 3. The molecule has 12 nitrogen and oxygen atoms in total. The molecule has 2 aromatic carbocycles. The van der Waals surface area contributed by atoms with E-state index in [0.717, 1.165) is 30.5 Å². The average Bonchev–Trinajstić information content (AvgIpc) is 3.72. The van der Waals surface area contributed by atoms with Crippen LogP contribution in [0.3, 0.4) is 0 Å². The number of amides is 2. The molecule has 1 fully saturated rings. The van der Waals surface area contributed by atoms with Gasteiger partial charge in [0.05, 0.1) is 25.4 Å². The van der Waals surface area contributed by atoms with Crippen molar-refractivity contribution >= 4 is 23.2 Å². The number of aromatic nitrogens is 3. The Morgan fingerprint density at radius 3 is 2.57 bits per heavy atom. The zero-order chi connectivity index (χ0) is 29.3. The molecule has 0 radical (unpaired) electrons. The molecular formula is C29H31N5O7S. The number of hydrogen-bond donors (Lipinski definition) is 2. The van der Waals surface area contributed by atoms with Gasteiger partial charge in [-0.1, -0.05) is 17.3 Å². The van der Waals surface area contributed by atoms with Crippen LogP contribution >= 0.6 is 11.3 Å². The van der Waals surface area contributed by atoms with Crippen LogP contribution in [0.15, 0.2) is 57.9 Å². The highest BCUT2D eigenvalue weighted by Crippen LogP contribution is 2.28. The van der Waals surface area contributed by atoms with Crippen LogP contribution in [0.5, 0.6) is 11.5 Å². The van der Waals surface area contributed by atoms with Gasteiger partial charge in [0.15, 0.2) is 23.6 Å². The van der Waals surface area contributed by atoms with Gasteiger partial charge in [0.2, 0.25) is 5.89 Å². The normalized spacial score (nSPS) is 15.5. The summed E-state index contributed by atoms with van der Waals surface area (Å²) in [5.74, 6) is 0.950. The molecule has 42 heavy (non-hydrogen) atoms. The van der Waals surface area contributed by atoms with Gasteiger partial charge in [-0.3, -0.25) is 9.59 Å². The lowest BCUT2D eigenvalue weighted by molar-refractivity contribution is -0.186. The second kappa shape index (κ2) is 14.0. The highest BCUT2D eigenvalue weighted by atomic mass is 32.1. The maximum absolute atomic E-state index is 13.2. The standard InChI is InChI=1S/C29H31N5O7S/c1-37-23-11-10-20(14-24(23)38-2)27(35)31-22(15-21-16-42-17-30-21)29-32-25(33-41-29)13-18-6-8-19(9-7-18)28(36)34-40-26-5-3-4-12-39-26/h6-11,14,16-17,22,26H,3-5,12-13,15H2,1-2H3,(H,31,35)(H,34,36)/t22-,26?/m0/s1. The highest BCUT2D eigenvalue weighted by molar-refractivity contribution is 7.07. The van der Waals surface area contributed by atoms with Gasteiger partial charge in [0, 0.05) is 42.4 Å². The molecule has 1 saturated heterocycles. The molecule has 220 valence electrons. The number of nitrogens with zero attached hydrogens (tertiary/aromatic N) is 3. The molecule has 2 amide bonds. The first-order valence-electron chi connectivity index (χ1n) is 13.4. The van der Waals surface area contributed by atoms with Gasteiger partial charge >= 0.3 is 0 Å². The van der Waals surface area contributed by atoms with E-state index in [1.165, 1.54) is 25.6 Å². The Labute approximate surface area is 246 Å². The number of carbonyl (C=O) groups excluding carboxylic acids is 2. The third-order valence-corrected chi connectivity index (χ3v) is 7.26. The fourth-order valence-electron chi connectivity index (χ4n) is 4.39. The second-order valence-corrected chi connectivity index (χ2v) is 10.3. The molecule has 0 aliphatic carbocycles. The molecule has 13 heteroatoms. The molecule has 2 aromatic heterocycles. The first-order chi connectivity index (χ1) is 20.5. The Hall–Kier alpha value is -4.33. The van der Waals surface area contributed by atoms with E-state index in [1.807, 2.05) is 17.5 Å². The summed E-state index contributed by atoms with van der Waals surface area (Å²) in [4.78, 5) is 39.9. The van der Waals surface area contributed by atoms with E-state index in [4.69, 9.17) is 23.6 Å². The molecule has 1 unspecified atom stereocenters. The summed E-state index contributed by atoms with van der Waals surface area (Å²) in [7, 11) is 3.04. The van der Waals surface area contributed by atoms with Gasteiger partial charge in [-0.2, -0.15) is 4.98 Å². The number of methoxy groups -OCH3 is 2. The number of hydroxylamine groups is 1. The second-order valence-electron chi connectivity index (χ2n) is 9.55. The predicted molar refractivity (Wildman–Crippen MR) is 151 cm³/mol. The van der Waals surface area contributed by atoms with Crippen LogP contribution in [0.2, 0.25) is 0 Å². The van der Waals surface area contributed by atoms with E-state index < -0.39 is 12.3 Å². The molecule has 5 rings (SSSR count). The van der Waals surface area contributed by atoms with Crippen molar-refractivity contribution in [2.45, 2.75) is 44.4 Å². The zero-order valence-electron chi connectivity index (χ0n) is 23.2. The number of carbonyl (C=O) groups is 2. The third-order valence-electron chi connectivity index (χ3n) is 6.63. The Bertz CT molecular complexity index is 1470. The number of benzene rings is 2. The largest absolute Gasteiger partial charge is 0.493 e. The number of thiazole rings is 1. The van der Waals surface area contributed by atoms with Crippen LogP contribution in [0, 0.1) is 0 Å². The summed E-state index contributed by atoms with van der Waals surface area (Å²) in [5, 5.41) is 9.00. The van der Waals surface area contributed by atoms with Gasteiger partial charge in [-0.15, -0.1) is 11.3 Å². The van der Waals surface area contributed by atoms with Crippen LogP contribution in [-0.4, -0.2) is 54.1 Å². The van der Waals surface area contributed by atoms with E-state index >= 15 is 0 Å². The zero-order valence-corrected chi connectivity index (χ0v) is 24.0. The van der Waals surface area contributed by atoms with Gasteiger partial charge in [0.25, 0.3) is 11.8 Å². The lowest BCUT2D eigenvalue weighted by atomic mass is 10.1. The summed E-state index contributed by atoms with van der Waals surface area (Å²) >= 11 is 1.46. The molecule has 1 aliphatic rings. The minimum atomic E-state index is -0.617. The smallest absolute Gasteiger partial charge is 0.274 e. The molecule has 2 atom stereocenters. The Morgan fingerprint density at radius 2 is 1.86 bits per heavy atom. The van der Waals surface area contributed by atoms with Crippen LogP contribution in [0.4, 0.5) is 0 Å². The first kappa shape index (κ1) is 29.2. The molecule has 0 bridgehead atoms. The maximum Gasteiger partial charge on any atom is 0.274 e. The molecule has 2 N–H and O–H groups in total. The van der Waals surface area contributed by atoms with Crippen molar-refractivity contribution in [1.29, 1.82) is 0 Å². The fraction of sp³-hybridized carbons (Fsp3) is 0.345. The number of rotatable bonds is 12. The van der Waals surface area contributed by atoms with Crippen LogP contribution in [0.25, 0.3) is 0 Å². The quantitative estimate of drug-likeness (QED) is 0.231. The van der Waals surface area contributed by atoms with E-state index in [1.54, 1.807) is 35.8 Å². The van der Waals surface area contributed by atoms with Crippen LogP contribution < -0.4 is 20.3 Å². The van der Waals surface area contributed by atoms with Gasteiger partial charge < -0.3 is 24.1 Å². The van der Waals surface area contributed by atoms with Crippen molar-refractivity contribution in [1.82, 2.24) is 25.9 Å². The van der Waals surface area contributed by atoms with Crippen molar-refractivity contribution in [3.63, 3.8) is 0 Å². The highest BCUT2D eigenvalue weighted by Gasteiger charge is 2.24. The predicted octanol–water partition coefficient (Wildman–Crippen LogP) is 4.04. The van der Waals surface area contributed by atoms with Gasteiger partial charge in [-0.25, -0.2) is 15.3 Å². The summed E-state index contributed by atoms with van der Waals surface area (Å²) in [6, 6.07) is 11.3. The van der Waals surface area contributed by atoms with Crippen molar-refractivity contribution in [3.05, 3.63) is 87.5 Å². The topological polar surface area (TPSA) is 147 Å². The fourth-order valence-corrected chi connectivity index (χ4v) is 4.96. The minimum absolute atomic E-state index is 0.255.